The summed E-state index contributed by atoms with van der Waals surface area (Å²) >= 11 is 0. The third-order valence-electron chi connectivity index (χ3n) is 6.67. The molecule has 8 heteroatoms. The minimum absolute atomic E-state index is 0.0153. The first-order chi connectivity index (χ1) is 18.0. The van der Waals surface area contributed by atoms with E-state index in [2.05, 4.69) is 9.72 Å². The first kappa shape index (κ1) is 24.7. The number of aromatic nitrogens is 2. The highest BCUT2D eigenvalue weighted by Crippen LogP contribution is 2.41. The summed E-state index contributed by atoms with van der Waals surface area (Å²) in [6.45, 7) is 0.0549. The standard InChI is InChI=1S/C29H28N2O6/c1-35-27(33)23-18-31(28(34)30-23)26-17-24(32)25(37-26)19-36-29(20-11-5-2-6-12-20,21-13-7-3-8-14-21)22-15-9-4-10-16-22/h2-16,18,24-26,32H,17,19H2,1H3,(H,30,34)/t24-,25+,26+/m0/s1. The number of nitrogens with zero attached hydrogens (tertiary/aromatic N) is 1. The summed E-state index contributed by atoms with van der Waals surface area (Å²) in [6.07, 6.45) is -0.832. The molecule has 4 aromatic rings. The Hall–Kier alpha value is -3.98. The van der Waals surface area contributed by atoms with Gasteiger partial charge in [-0.15, -0.1) is 0 Å². The van der Waals surface area contributed by atoms with E-state index in [4.69, 9.17) is 9.47 Å². The van der Waals surface area contributed by atoms with Crippen molar-refractivity contribution in [3.05, 3.63) is 130 Å². The van der Waals surface area contributed by atoms with Gasteiger partial charge in [0.25, 0.3) is 0 Å². The van der Waals surface area contributed by atoms with E-state index in [-0.39, 0.29) is 18.7 Å². The molecule has 37 heavy (non-hydrogen) atoms. The van der Waals surface area contributed by atoms with E-state index >= 15 is 0 Å². The molecular formula is C29H28N2O6. The molecule has 3 aromatic carbocycles. The summed E-state index contributed by atoms with van der Waals surface area (Å²) in [5, 5.41) is 10.9. The van der Waals surface area contributed by atoms with E-state index in [0.717, 1.165) is 16.7 Å². The maximum absolute atomic E-state index is 12.4. The smallest absolute Gasteiger partial charge is 0.356 e. The maximum Gasteiger partial charge on any atom is 0.356 e. The number of hydrogen-bond acceptors (Lipinski definition) is 6. The Bertz CT molecular complexity index is 1290. The molecule has 2 heterocycles. The molecule has 5 rings (SSSR count). The van der Waals surface area contributed by atoms with Gasteiger partial charge in [-0.05, 0) is 16.7 Å². The molecule has 2 N–H and O–H groups in total. The van der Waals surface area contributed by atoms with Crippen LogP contribution in [0, 0.1) is 0 Å². The monoisotopic (exact) mass is 500 g/mol. The topological polar surface area (TPSA) is 103 Å². The summed E-state index contributed by atoms with van der Waals surface area (Å²) in [7, 11) is 1.24. The van der Waals surface area contributed by atoms with Crippen LogP contribution in [-0.4, -0.2) is 46.6 Å². The minimum atomic E-state index is -0.964. The Morgan fingerprint density at radius 3 is 1.97 bits per heavy atom. The Morgan fingerprint density at radius 2 is 1.49 bits per heavy atom. The van der Waals surface area contributed by atoms with Crippen molar-refractivity contribution in [1.82, 2.24) is 9.55 Å². The second-order valence-electron chi connectivity index (χ2n) is 8.89. The fourth-order valence-corrected chi connectivity index (χ4v) is 4.85. The maximum atomic E-state index is 12.4. The van der Waals surface area contributed by atoms with Crippen LogP contribution in [0.4, 0.5) is 0 Å². The van der Waals surface area contributed by atoms with Gasteiger partial charge in [0.15, 0.2) is 0 Å². The zero-order valence-corrected chi connectivity index (χ0v) is 20.3. The van der Waals surface area contributed by atoms with E-state index < -0.39 is 35.7 Å². The number of imidazole rings is 1. The summed E-state index contributed by atoms with van der Waals surface area (Å²) in [4.78, 5) is 26.7. The molecule has 3 atom stereocenters. The largest absolute Gasteiger partial charge is 0.464 e. The molecule has 0 aliphatic carbocycles. The highest BCUT2D eigenvalue weighted by Gasteiger charge is 2.42. The van der Waals surface area contributed by atoms with Crippen molar-refractivity contribution in [2.45, 2.75) is 30.5 Å². The summed E-state index contributed by atoms with van der Waals surface area (Å²) < 4.78 is 18.8. The van der Waals surface area contributed by atoms with Crippen molar-refractivity contribution in [1.29, 1.82) is 0 Å². The Balaban J connectivity index is 1.47. The van der Waals surface area contributed by atoms with Crippen molar-refractivity contribution >= 4 is 5.97 Å². The molecule has 0 spiro atoms. The zero-order valence-electron chi connectivity index (χ0n) is 20.3. The van der Waals surface area contributed by atoms with Gasteiger partial charge in [0.05, 0.1) is 19.8 Å². The lowest BCUT2D eigenvalue weighted by atomic mass is 9.80. The van der Waals surface area contributed by atoms with Gasteiger partial charge in [0.2, 0.25) is 0 Å². The number of carbonyl (C=O) groups excluding carboxylic acids is 1. The molecule has 0 radical (unpaired) electrons. The van der Waals surface area contributed by atoms with E-state index in [1.54, 1.807) is 0 Å². The Kier molecular flexibility index (Phi) is 7.05. The average molecular weight is 501 g/mol. The van der Waals surface area contributed by atoms with Crippen molar-refractivity contribution in [2.75, 3.05) is 13.7 Å². The summed E-state index contributed by atoms with van der Waals surface area (Å²) in [5.41, 5.74) is 1.32. The van der Waals surface area contributed by atoms with Crippen LogP contribution < -0.4 is 5.69 Å². The van der Waals surface area contributed by atoms with Crippen LogP contribution in [0.15, 0.2) is 102 Å². The van der Waals surface area contributed by atoms with Crippen molar-refractivity contribution in [3.63, 3.8) is 0 Å². The average Bonchev–Trinajstić information content (AvgIpc) is 3.52. The fraction of sp³-hybridized carbons (Fsp3) is 0.241. The number of esters is 1. The molecular weight excluding hydrogens is 472 g/mol. The molecule has 1 aliphatic rings. The lowest BCUT2D eigenvalue weighted by Crippen LogP contribution is -2.38. The number of methoxy groups -OCH3 is 1. The van der Waals surface area contributed by atoms with Gasteiger partial charge in [-0.1, -0.05) is 91.0 Å². The van der Waals surface area contributed by atoms with Gasteiger partial charge in [0, 0.05) is 12.6 Å². The highest BCUT2D eigenvalue weighted by molar-refractivity contribution is 5.86. The van der Waals surface area contributed by atoms with Crippen LogP contribution in [0.3, 0.4) is 0 Å². The van der Waals surface area contributed by atoms with E-state index in [9.17, 15) is 14.7 Å². The molecule has 1 saturated heterocycles. The van der Waals surface area contributed by atoms with Crippen LogP contribution in [-0.2, 0) is 19.8 Å². The number of H-pyrrole nitrogens is 1. The van der Waals surface area contributed by atoms with Gasteiger partial charge < -0.3 is 19.3 Å². The SMILES string of the molecule is COC(=O)c1cn([C@H]2C[C@H](O)[C@@H](COC(c3ccccc3)(c3ccccc3)c3ccccc3)O2)c(=O)[nH]1. The van der Waals surface area contributed by atoms with Crippen LogP contribution >= 0.6 is 0 Å². The lowest BCUT2D eigenvalue weighted by Gasteiger charge is -2.37. The third-order valence-corrected chi connectivity index (χ3v) is 6.67. The molecule has 1 aromatic heterocycles. The number of aliphatic hydroxyl groups is 1. The number of ether oxygens (including phenoxy) is 3. The highest BCUT2D eigenvalue weighted by atomic mass is 16.6. The summed E-state index contributed by atoms with van der Waals surface area (Å²) in [6, 6.07) is 29.8. The second kappa shape index (κ2) is 10.6. The van der Waals surface area contributed by atoms with Gasteiger partial charge in [-0.2, -0.15) is 0 Å². The van der Waals surface area contributed by atoms with Gasteiger partial charge in [-0.25, -0.2) is 9.59 Å². The Labute approximate surface area is 214 Å². The first-order valence-corrected chi connectivity index (χ1v) is 12.1. The Morgan fingerprint density at radius 1 is 0.973 bits per heavy atom. The number of aliphatic hydroxyl groups excluding tert-OH is 1. The van der Waals surface area contributed by atoms with Crippen LogP contribution in [0.5, 0.6) is 0 Å². The van der Waals surface area contributed by atoms with E-state index in [0.29, 0.717) is 0 Å². The van der Waals surface area contributed by atoms with Gasteiger partial charge >= 0.3 is 11.7 Å². The molecule has 1 fully saturated rings. The zero-order chi connectivity index (χ0) is 25.8. The molecule has 8 nitrogen and oxygen atoms in total. The van der Waals surface area contributed by atoms with Crippen LogP contribution in [0.2, 0.25) is 0 Å². The van der Waals surface area contributed by atoms with Crippen molar-refractivity contribution in [2.24, 2.45) is 0 Å². The quantitative estimate of drug-likeness (QED) is 0.283. The van der Waals surface area contributed by atoms with Crippen molar-refractivity contribution < 1.29 is 24.1 Å². The predicted molar refractivity (Wildman–Crippen MR) is 136 cm³/mol. The molecule has 1 aliphatic heterocycles. The normalized spacial score (nSPS) is 19.6. The van der Waals surface area contributed by atoms with Crippen LogP contribution in [0.25, 0.3) is 0 Å². The molecule has 0 unspecified atom stereocenters. The number of nitrogens with one attached hydrogen (secondary N) is 1. The first-order valence-electron chi connectivity index (χ1n) is 12.1. The fourth-order valence-electron chi connectivity index (χ4n) is 4.85. The molecule has 0 bridgehead atoms. The molecule has 190 valence electrons. The number of carbonyl (C=O) groups is 1. The summed E-state index contributed by atoms with van der Waals surface area (Å²) in [5.74, 6) is -0.660. The van der Waals surface area contributed by atoms with Gasteiger partial charge in [0.1, 0.15) is 23.6 Å². The van der Waals surface area contributed by atoms with Gasteiger partial charge in [-0.3, -0.25) is 9.55 Å². The number of aromatic amines is 1. The lowest BCUT2D eigenvalue weighted by molar-refractivity contribution is -0.0941. The molecule has 0 saturated carbocycles. The number of benzene rings is 3. The van der Waals surface area contributed by atoms with E-state index in [1.807, 2.05) is 91.0 Å². The third kappa shape index (κ3) is 4.74. The number of hydrogen-bond donors (Lipinski definition) is 2. The minimum Gasteiger partial charge on any atom is -0.464 e. The molecule has 0 amide bonds. The van der Waals surface area contributed by atoms with Crippen molar-refractivity contribution in [3.8, 4) is 0 Å². The number of rotatable bonds is 8. The predicted octanol–water partition coefficient (Wildman–Crippen LogP) is 3.62. The van der Waals surface area contributed by atoms with E-state index in [1.165, 1.54) is 17.9 Å². The second-order valence-corrected chi connectivity index (χ2v) is 8.89. The van der Waals surface area contributed by atoms with Crippen LogP contribution in [0.1, 0.15) is 39.8 Å².